The predicted octanol–water partition coefficient (Wildman–Crippen LogP) is 3.80. The average molecular weight is 377 g/mol. The van der Waals surface area contributed by atoms with E-state index in [-0.39, 0.29) is 6.61 Å². The van der Waals surface area contributed by atoms with Crippen LogP contribution in [0.15, 0.2) is 19.0 Å². The lowest BCUT2D eigenvalue weighted by molar-refractivity contribution is -0.158. The van der Waals surface area contributed by atoms with Gasteiger partial charge in [0.1, 0.15) is 5.60 Å². The first kappa shape index (κ1) is 22.6. The van der Waals surface area contributed by atoms with Gasteiger partial charge in [0.2, 0.25) is 0 Å². The van der Waals surface area contributed by atoms with Crippen LogP contribution in [0, 0.1) is 0 Å². The van der Waals surface area contributed by atoms with Crippen molar-refractivity contribution in [2.24, 2.45) is 0 Å². The van der Waals surface area contributed by atoms with Crippen LogP contribution in [0.1, 0.15) is 64.8 Å². The maximum Gasteiger partial charge on any atom is 0.410 e. The highest BCUT2D eigenvalue weighted by Crippen LogP contribution is 2.27. The summed E-state index contributed by atoms with van der Waals surface area (Å²) < 4.78 is 10.2. The Morgan fingerprint density at radius 1 is 1.22 bits per heavy atom. The minimum absolute atomic E-state index is 0.314. The fraction of sp³-hybridized carbons (Fsp3) is 0.600. The Bertz CT molecular complexity index is 615. The van der Waals surface area contributed by atoms with Crippen LogP contribution in [0.4, 0.5) is 4.79 Å². The second-order valence-corrected chi connectivity index (χ2v) is 6.98. The first-order valence-corrected chi connectivity index (χ1v) is 9.36. The molecule has 2 rings (SSSR count). The SMILES string of the molecule is C=Cc1ncc(C2CCN(C(=O)OCC(=O)OC(C)(C)C)CC2)cn1.CC. The lowest BCUT2D eigenvalue weighted by atomic mass is 9.91. The van der Waals surface area contributed by atoms with E-state index in [1.165, 1.54) is 0 Å². The Morgan fingerprint density at radius 2 is 1.78 bits per heavy atom. The van der Waals surface area contributed by atoms with Crippen LogP contribution in [0.5, 0.6) is 0 Å². The molecule has 1 aromatic rings. The van der Waals surface area contributed by atoms with Gasteiger partial charge >= 0.3 is 12.1 Å². The number of hydrogen-bond acceptors (Lipinski definition) is 6. The molecule has 2 heterocycles. The molecule has 1 aliphatic rings. The summed E-state index contributed by atoms with van der Waals surface area (Å²) >= 11 is 0. The van der Waals surface area contributed by atoms with Gasteiger partial charge in [-0.05, 0) is 51.2 Å². The van der Waals surface area contributed by atoms with Gasteiger partial charge in [-0.2, -0.15) is 0 Å². The van der Waals surface area contributed by atoms with Gasteiger partial charge in [0.05, 0.1) is 0 Å². The molecule has 0 atom stereocenters. The van der Waals surface area contributed by atoms with E-state index in [2.05, 4.69) is 16.5 Å². The van der Waals surface area contributed by atoms with Crippen molar-refractivity contribution in [3.8, 4) is 0 Å². The van der Waals surface area contributed by atoms with Crippen LogP contribution in [-0.2, 0) is 14.3 Å². The van der Waals surface area contributed by atoms with Gasteiger partial charge in [0.25, 0.3) is 0 Å². The van der Waals surface area contributed by atoms with Gasteiger partial charge in [-0.25, -0.2) is 19.6 Å². The van der Waals surface area contributed by atoms with Crippen LogP contribution in [0.3, 0.4) is 0 Å². The van der Waals surface area contributed by atoms with Crippen LogP contribution in [0.2, 0.25) is 0 Å². The molecule has 7 nitrogen and oxygen atoms in total. The molecule has 0 saturated carbocycles. The minimum atomic E-state index is -0.592. The van der Waals surface area contributed by atoms with Crippen molar-refractivity contribution in [1.29, 1.82) is 0 Å². The zero-order chi connectivity index (χ0) is 20.4. The van der Waals surface area contributed by atoms with E-state index in [0.717, 1.165) is 18.4 Å². The van der Waals surface area contributed by atoms with Crippen molar-refractivity contribution in [3.05, 3.63) is 30.4 Å². The van der Waals surface area contributed by atoms with E-state index < -0.39 is 17.7 Å². The molecule has 0 unspecified atom stereocenters. The number of ether oxygens (including phenoxy) is 2. The third-order valence-electron chi connectivity index (χ3n) is 3.83. The normalized spacial score (nSPS) is 14.6. The number of carbonyl (C=O) groups is 2. The molecule has 150 valence electrons. The standard InChI is InChI=1S/C18H25N3O4.C2H6/c1-5-15-19-10-14(11-20-15)13-6-8-21(9-7-13)17(23)24-12-16(22)25-18(2,3)4;1-2/h5,10-11,13H,1,6-9,12H2,2-4H3;1-2H3. The van der Waals surface area contributed by atoms with Crippen molar-refractivity contribution in [1.82, 2.24) is 14.9 Å². The highest BCUT2D eigenvalue weighted by Gasteiger charge is 2.26. The molecule has 1 saturated heterocycles. The Hall–Kier alpha value is -2.44. The van der Waals surface area contributed by atoms with E-state index >= 15 is 0 Å². The quantitative estimate of drug-likeness (QED) is 0.742. The van der Waals surface area contributed by atoms with E-state index in [0.29, 0.717) is 24.8 Å². The number of likely N-dealkylation sites (tertiary alicyclic amines) is 1. The summed E-state index contributed by atoms with van der Waals surface area (Å²) in [7, 11) is 0. The molecular formula is C20H31N3O4. The second-order valence-electron chi connectivity index (χ2n) is 6.98. The van der Waals surface area contributed by atoms with Crippen molar-refractivity contribution in [2.45, 2.75) is 59.0 Å². The summed E-state index contributed by atoms with van der Waals surface area (Å²) in [5.74, 6) is 0.371. The monoisotopic (exact) mass is 377 g/mol. The van der Waals surface area contributed by atoms with E-state index in [1.807, 2.05) is 26.2 Å². The molecule has 0 radical (unpaired) electrons. The van der Waals surface area contributed by atoms with Crippen molar-refractivity contribution >= 4 is 18.1 Å². The molecule has 7 heteroatoms. The van der Waals surface area contributed by atoms with Gasteiger partial charge in [-0.3, -0.25) is 0 Å². The largest absolute Gasteiger partial charge is 0.457 e. The fourth-order valence-electron chi connectivity index (χ4n) is 2.64. The molecule has 0 N–H and O–H groups in total. The number of amides is 1. The topological polar surface area (TPSA) is 81.6 Å². The molecule has 0 aromatic carbocycles. The number of nitrogens with zero attached hydrogens (tertiary/aromatic N) is 3. The molecule has 27 heavy (non-hydrogen) atoms. The third-order valence-corrected chi connectivity index (χ3v) is 3.83. The van der Waals surface area contributed by atoms with Crippen LogP contribution in [-0.4, -0.2) is 52.2 Å². The molecule has 1 amide bonds. The van der Waals surface area contributed by atoms with Gasteiger partial charge in [-0.1, -0.05) is 20.4 Å². The zero-order valence-electron chi connectivity index (χ0n) is 17.0. The fourth-order valence-corrected chi connectivity index (χ4v) is 2.64. The molecule has 1 aromatic heterocycles. The number of aromatic nitrogens is 2. The summed E-state index contributed by atoms with van der Waals surface area (Å²) in [6, 6.07) is 0. The first-order chi connectivity index (χ1) is 12.8. The van der Waals surface area contributed by atoms with Gasteiger partial charge < -0.3 is 14.4 Å². The van der Waals surface area contributed by atoms with E-state index in [4.69, 9.17) is 9.47 Å². The van der Waals surface area contributed by atoms with Crippen molar-refractivity contribution in [2.75, 3.05) is 19.7 Å². The average Bonchev–Trinajstić information content (AvgIpc) is 2.66. The molecule has 1 fully saturated rings. The summed E-state index contributed by atoms with van der Waals surface area (Å²) in [6.45, 7) is 13.7. The summed E-state index contributed by atoms with van der Waals surface area (Å²) in [6.07, 6.45) is 6.35. The Labute approximate surface area is 161 Å². The van der Waals surface area contributed by atoms with Gasteiger partial charge in [0.15, 0.2) is 12.4 Å². The Kier molecular flexibility index (Phi) is 8.91. The maximum absolute atomic E-state index is 12.1. The van der Waals surface area contributed by atoms with Gasteiger partial charge in [0, 0.05) is 25.5 Å². The number of rotatable bonds is 4. The molecular weight excluding hydrogens is 346 g/mol. The van der Waals surface area contributed by atoms with Crippen molar-refractivity contribution in [3.63, 3.8) is 0 Å². The van der Waals surface area contributed by atoms with Crippen LogP contribution >= 0.6 is 0 Å². The first-order valence-electron chi connectivity index (χ1n) is 9.36. The summed E-state index contributed by atoms with van der Waals surface area (Å²) in [5, 5.41) is 0. The lowest BCUT2D eigenvalue weighted by Crippen LogP contribution is -2.39. The maximum atomic E-state index is 12.1. The highest BCUT2D eigenvalue weighted by molar-refractivity contribution is 5.76. The zero-order valence-corrected chi connectivity index (χ0v) is 17.0. The second kappa shape index (κ2) is 10.6. The Balaban J connectivity index is 0.00000176. The predicted molar refractivity (Wildman–Crippen MR) is 104 cm³/mol. The molecule has 0 spiro atoms. The van der Waals surface area contributed by atoms with Crippen molar-refractivity contribution < 1.29 is 19.1 Å². The highest BCUT2D eigenvalue weighted by atomic mass is 16.6. The van der Waals surface area contributed by atoms with Gasteiger partial charge in [-0.15, -0.1) is 0 Å². The smallest absolute Gasteiger partial charge is 0.410 e. The number of carbonyl (C=O) groups excluding carboxylic acids is 2. The number of hydrogen-bond donors (Lipinski definition) is 0. The molecule has 1 aliphatic heterocycles. The number of piperidine rings is 1. The van der Waals surface area contributed by atoms with E-state index in [9.17, 15) is 9.59 Å². The third kappa shape index (κ3) is 7.76. The van der Waals surface area contributed by atoms with Crippen LogP contribution in [0.25, 0.3) is 6.08 Å². The van der Waals surface area contributed by atoms with E-state index in [1.54, 1.807) is 31.7 Å². The Morgan fingerprint density at radius 3 is 2.26 bits per heavy atom. The van der Waals surface area contributed by atoms with Crippen LogP contribution < -0.4 is 0 Å². The summed E-state index contributed by atoms with van der Waals surface area (Å²) in [5.41, 5.74) is 0.470. The molecule has 0 aliphatic carbocycles. The minimum Gasteiger partial charge on any atom is -0.457 e. The lowest BCUT2D eigenvalue weighted by Gasteiger charge is -2.31. The molecule has 0 bridgehead atoms. The summed E-state index contributed by atoms with van der Waals surface area (Å²) in [4.78, 5) is 33.7. The number of esters is 1.